The van der Waals surface area contributed by atoms with E-state index in [2.05, 4.69) is 12.2 Å². The molecule has 1 rings (SSSR count). The third kappa shape index (κ3) is 5.94. The zero-order valence-electron chi connectivity index (χ0n) is 12.2. The number of methoxy groups -OCH3 is 2. The van der Waals surface area contributed by atoms with Crippen molar-refractivity contribution >= 4 is 0 Å². The maximum absolute atomic E-state index is 5.60. The van der Waals surface area contributed by atoms with Crippen LogP contribution in [-0.2, 0) is 11.2 Å². The van der Waals surface area contributed by atoms with Crippen LogP contribution in [0.4, 0.5) is 0 Å². The SMILES string of the molecule is CCCNCCOCCc1cc(OC)ccc1OC. The molecule has 19 heavy (non-hydrogen) atoms. The Bertz CT molecular complexity index is 355. The summed E-state index contributed by atoms with van der Waals surface area (Å²) in [6.45, 7) is 5.54. The van der Waals surface area contributed by atoms with Gasteiger partial charge in [0.25, 0.3) is 0 Å². The average Bonchev–Trinajstić information content (AvgIpc) is 2.46. The van der Waals surface area contributed by atoms with Gasteiger partial charge in [-0.25, -0.2) is 0 Å². The molecule has 0 saturated carbocycles. The molecule has 0 radical (unpaired) electrons. The van der Waals surface area contributed by atoms with Gasteiger partial charge in [-0.2, -0.15) is 0 Å². The van der Waals surface area contributed by atoms with Crippen LogP contribution in [0.2, 0.25) is 0 Å². The molecule has 4 heteroatoms. The lowest BCUT2D eigenvalue weighted by Crippen LogP contribution is -2.20. The number of benzene rings is 1. The van der Waals surface area contributed by atoms with Crippen LogP contribution in [0.3, 0.4) is 0 Å². The van der Waals surface area contributed by atoms with Gasteiger partial charge in [-0.1, -0.05) is 6.92 Å². The van der Waals surface area contributed by atoms with E-state index in [1.807, 2.05) is 18.2 Å². The van der Waals surface area contributed by atoms with Crippen molar-refractivity contribution in [2.24, 2.45) is 0 Å². The smallest absolute Gasteiger partial charge is 0.122 e. The van der Waals surface area contributed by atoms with Crippen molar-refractivity contribution in [2.45, 2.75) is 19.8 Å². The Morgan fingerprint density at radius 3 is 2.58 bits per heavy atom. The quantitative estimate of drug-likeness (QED) is 0.660. The van der Waals surface area contributed by atoms with E-state index in [1.54, 1.807) is 14.2 Å². The largest absolute Gasteiger partial charge is 0.497 e. The molecule has 0 unspecified atom stereocenters. The highest BCUT2D eigenvalue weighted by Gasteiger charge is 2.04. The van der Waals surface area contributed by atoms with Gasteiger partial charge in [0.15, 0.2) is 0 Å². The Hall–Kier alpha value is -1.26. The van der Waals surface area contributed by atoms with Crippen molar-refractivity contribution in [3.8, 4) is 11.5 Å². The van der Waals surface area contributed by atoms with Crippen LogP contribution in [0, 0.1) is 0 Å². The lowest BCUT2D eigenvalue weighted by Gasteiger charge is -2.11. The van der Waals surface area contributed by atoms with Crippen molar-refractivity contribution in [3.63, 3.8) is 0 Å². The second kappa shape index (κ2) is 9.64. The maximum atomic E-state index is 5.60. The topological polar surface area (TPSA) is 39.7 Å². The molecule has 0 aliphatic heterocycles. The highest BCUT2D eigenvalue weighted by molar-refractivity contribution is 5.40. The van der Waals surface area contributed by atoms with E-state index in [4.69, 9.17) is 14.2 Å². The second-order valence-corrected chi connectivity index (χ2v) is 4.29. The van der Waals surface area contributed by atoms with Gasteiger partial charge >= 0.3 is 0 Å². The Balaban J connectivity index is 2.31. The number of ether oxygens (including phenoxy) is 3. The fraction of sp³-hybridized carbons (Fsp3) is 0.600. The molecular formula is C15H25NO3. The van der Waals surface area contributed by atoms with Crippen molar-refractivity contribution < 1.29 is 14.2 Å². The van der Waals surface area contributed by atoms with Gasteiger partial charge < -0.3 is 19.5 Å². The number of hydrogen-bond donors (Lipinski definition) is 1. The summed E-state index contributed by atoms with van der Waals surface area (Å²) >= 11 is 0. The summed E-state index contributed by atoms with van der Waals surface area (Å²) in [6.07, 6.45) is 1.98. The van der Waals surface area contributed by atoms with E-state index in [1.165, 1.54) is 0 Å². The monoisotopic (exact) mass is 267 g/mol. The van der Waals surface area contributed by atoms with Crippen LogP contribution in [0.1, 0.15) is 18.9 Å². The van der Waals surface area contributed by atoms with Crippen LogP contribution in [-0.4, -0.2) is 40.5 Å². The third-order valence-corrected chi connectivity index (χ3v) is 2.85. The molecule has 0 aliphatic rings. The van der Waals surface area contributed by atoms with E-state index >= 15 is 0 Å². The molecule has 0 fully saturated rings. The summed E-state index contributed by atoms with van der Waals surface area (Å²) in [5, 5.41) is 3.30. The van der Waals surface area contributed by atoms with E-state index < -0.39 is 0 Å². The number of hydrogen-bond acceptors (Lipinski definition) is 4. The molecule has 0 saturated heterocycles. The molecule has 0 amide bonds. The van der Waals surface area contributed by atoms with Crippen molar-refractivity contribution in [3.05, 3.63) is 23.8 Å². The normalized spacial score (nSPS) is 10.5. The molecule has 0 atom stereocenters. The Kier molecular flexibility index (Phi) is 8.02. The summed E-state index contributed by atoms with van der Waals surface area (Å²) in [5.74, 6) is 1.73. The molecule has 0 heterocycles. The summed E-state index contributed by atoms with van der Waals surface area (Å²) in [5.41, 5.74) is 1.11. The van der Waals surface area contributed by atoms with Crippen LogP contribution < -0.4 is 14.8 Å². The van der Waals surface area contributed by atoms with E-state index in [9.17, 15) is 0 Å². The standard InChI is InChI=1S/C15H25NO3/c1-4-8-16-9-11-19-10-7-13-12-14(17-2)5-6-15(13)18-3/h5-6,12,16H,4,7-11H2,1-3H3. The maximum Gasteiger partial charge on any atom is 0.122 e. The second-order valence-electron chi connectivity index (χ2n) is 4.29. The van der Waals surface area contributed by atoms with Crippen LogP contribution in [0.25, 0.3) is 0 Å². The molecule has 0 bridgehead atoms. The summed E-state index contributed by atoms with van der Waals surface area (Å²) < 4.78 is 16.1. The van der Waals surface area contributed by atoms with Gasteiger partial charge in [0.2, 0.25) is 0 Å². The Morgan fingerprint density at radius 2 is 1.89 bits per heavy atom. The van der Waals surface area contributed by atoms with Crippen LogP contribution in [0.15, 0.2) is 18.2 Å². The minimum absolute atomic E-state index is 0.692. The zero-order chi connectivity index (χ0) is 13.9. The molecule has 0 aromatic heterocycles. The average molecular weight is 267 g/mol. The fourth-order valence-electron chi connectivity index (χ4n) is 1.81. The lowest BCUT2D eigenvalue weighted by molar-refractivity contribution is 0.138. The molecule has 0 spiro atoms. The first kappa shape index (κ1) is 15.8. The molecule has 1 N–H and O–H groups in total. The molecule has 1 aromatic carbocycles. The molecule has 108 valence electrons. The highest BCUT2D eigenvalue weighted by Crippen LogP contribution is 2.24. The highest BCUT2D eigenvalue weighted by atomic mass is 16.5. The Labute approximate surface area is 116 Å². The van der Waals surface area contributed by atoms with E-state index in [0.717, 1.165) is 49.6 Å². The summed E-state index contributed by atoms with van der Waals surface area (Å²) in [6, 6.07) is 5.83. The van der Waals surface area contributed by atoms with Crippen LogP contribution in [0.5, 0.6) is 11.5 Å². The van der Waals surface area contributed by atoms with Gasteiger partial charge in [0, 0.05) is 12.1 Å². The van der Waals surface area contributed by atoms with Gasteiger partial charge in [-0.05, 0) is 37.6 Å². The van der Waals surface area contributed by atoms with Crippen molar-refractivity contribution in [2.75, 3.05) is 40.5 Å². The number of rotatable bonds is 10. The van der Waals surface area contributed by atoms with Gasteiger partial charge in [0.1, 0.15) is 11.5 Å². The van der Waals surface area contributed by atoms with E-state index in [0.29, 0.717) is 6.61 Å². The van der Waals surface area contributed by atoms with Crippen molar-refractivity contribution in [1.82, 2.24) is 5.32 Å². The molecule has 4 nitrogen and oxygen atoms in total. The zero-order valence-corrected chi connectivity index (χ0v) is 12.2. The van der Waals surface area contributed by atoms with Crippen molar-refractivity contribution in [1.29, 1.82) is 0 Å². The molecule has 0 aliphatic carbocycles. The lowest BCUT2D eigenvalue weighted by atomic mass is 10.1. The Morgan fingerprint density at radius 1 is 1.05 bits per heavy atom. The first-order valence-electron chi connectivity index (χ1n) is 6.81. The predicted octanol–water partition coefficient (Wildman–Crippen LogP) is 2.26. The minimum atomic E-state index is 0.692. The first-order chi connectivity index (χ1) is 9.31. The first-order valence-corrected chi connectivity index (χ1v) is 6.81. The van der Waals surface area contributed by atoms with Gasteiger partial charge in [-0.15, -0.1) is 0 Å². The number of nitrogens with one attached hydrogen (secondary N) is 1. The van der Waals surface area contributed by atoms with Gasteiger partial charge in [0.05, 0.1) is 27.4 Å². The molecular weight excluding hydrogens is 242 g/mol. The minimum Gasteiger partial charge on any atom is -0.497 e. The summed E-state index contributed by atoms with van der Waals surface area (Å²) in [7, 11) is 3.35. The third-order valence-electron chi connectivity index (χ3n) is 2.85. The summed E-state index contributed by atoms with van der Waals surface area (Å²) in [4.78, 5) is 0. The van der Waals surface area contributed by atoms with Gasteiger partial charge in [-0.3, -0.25) is 0 Å². The predicted molar refractivity (Wildman–Crippen MR) is 77.2 cm³/mol. The molecule has 1 aromatic rings. The fourth-order valence-corrected chi connectivity index (χ4v) is 1.81. The van der Waals surface area contributed by atoms with Crippen LogP contribution >= 0.6 is 0 Å². The van der Waals surface area contributed by atoms with E-state index in [-0.39, 0.29) is 0 Å².